The van der Waals surface area contributed by atoms with E-state index in [1.165, 1.54) is 13.2 Å². The normalized spacial score (nSPS) is 10.0. The molecule has 0 bridgehead atoms. The maximum atomic E-state index is 11.4. The first-order valence-electron chi connectivity index (χ1n) is 4.95. The lowest BCUT2D eigenvalue weighted by Gasteiger charge is -2.10. The number of anilines is 1. The number of carboxylic acid groups (broad SMARTS) is 2. The van der Waals surface area contributed by atoms with Gasteiger partial charge in [0.25, 0.3) is 0 Å². The van der Waals surface area contributed by atoms with Crippen LogP contribution in [0.5, 0.6) is 0 Å². The molecule has 1 aromatic carbocycles. The predicted octanol–water partition coefficient (Wildman–Crippen LogP) is 1.27. The Bertz CT molecular complexity index is 542. The fraction of sp³-hybridized carbons (Fsp3) is 0.182. The molecule has 0 aliphatic carbocycles. The van der Waals surface area contributed by atoms with Crippen molar-refractivity contribution in [3.05, 3.63) is 26.8 Å². The SMILES string of the molecule is COCC(=O)Nc1cc(C(=O)O)cc(C(=O)O)c1I. The largest absolute Gasteiger partial charge is 0.478 e. The molecule has 0 heterocycles. The van der Waals surface area contributed by atoms with E-state index >= 15 is 0 Å². The molecule has 0 atom stereocenters. The molecule has 0 aromatic heterocycles. The summed E-state index contributed by atoms with van der Waals surface area (Å²) in [6, 6.07) is 2.24. The maximum absolute atomic E-state index is 11.4. The molecular formula is C11H10INO6. The molecule has 1 amide bonds. The topological polar surface area (TPSA) is 113 Å². The lowest BCUT2D eigenvalue weighted by atomic mass is 10.1. The van der Waals surface area contributed by atoms with Crippen LogP contribution in [0, 0.1) is 3.57 Å². The minimum atomic E-state index is -1.28. The third-order valence-corrected chi connectivity index (χ3v) is 3.26. The molecule has 0 saturated carbocycles. The van der Waals surface area contributed by atoms with E-state index in [9.17, 15) is 14.4 Å². The van der Waals surface area contributed by atoms with Crippen LogP contribution in [0.3, 0.4) is 0 Å². The number of rotatable bonds is 5. The molecule has 0 spiro atoms. The third-order valence-electron chi connectivity index (χ3n) is 2.10. The fourth-order valence-electron chi connectivity index (χ4n) is 1.31. The van der Waals surface area contributed by atoms with Gasteiger partial charge in [0.1, 0.15) is 6.61 Å². The van der Waals surface area contributed by atoms with Crippen molar-refractivity contribution in [1.82, 2.24) is 0 Å². The average Bonchev–Trinajstić information content (AvgIpc) is 2.31. The first kappa shape index (κ1) is 15.4. The number of aromatic carboxylic acids is 2. The highest BCUT2D eigenvalue weighted by Gasteiger charge is 2.18. The second-order valence-corrected chi connectivity index (χ2v) is 4.56. The predicted molar refractivity (Wildman–Crippen MR) is 73.6 cm³/mol. The molecule has 7 nitrogen and oxygen atoms in total. The van der Waals surface area contributed by atoms with Crippen molar-refractivity contribution in [1.29, 1.82) is 0 Å². The highest BCUT2D eigenvalue weighted by molar-refractivity contribution is 14.1. The summed E-state index contributed by atoms with van der Waals surface area (Å²) in [5.41, 5.74) is -0.279. The van der Waals surface area contributed by atoms with Gasteiger partial charge in [0.15, 0.2) is 0 Å². The Labute approximate surface area is 121 Å². The van der Waals surface area contributed by atoms with Crippen molar-refractivity contribution in [3.63, 3.8) is 0 Å². The van der Waals surface area contributed by atoms with Gasteiger partial charge in [-0.05, 0) is 34.7 Å². The van der Waals surface area contributed by atoms with Crippen LogP contribution < -0.4 is 5.32 Å². The van der Waals surface area contributed by atoms with E-state index in [0.717, 1.165) is 6.07 Å². The summed E-state index contributed by atoms with van der Waals surface area (Å²) in [6.07, 6.45) is 0. The van der Waals surface area contributed by atoms with Gasteiger partial charge in [-0.15, -0.1) is 0 Å². The number of amides is 1. The number of carbonyl (C=O) groups is 3. The Morgan fingerprint density at radius 3 is 2.37 bits per heavy atom. The second-order valence-electron chi connectivity index (χ2n) is 3.48. The summed E-state index contributed by atoms with van der Waals surface area (Å²) in [5, 5.41) is 20.3. The minimum Gasteiger partial charge on any atom is -0.478 e. The van der Waals surface area contributed by atoms with Gasteiger partial charge in [0.05, 0.1) is 20.4 Å². The van der Waals surface area contributed by atoms with E-state index in [4.69, 9.17) is 10.2 Å². The summed E-state index contributed by atoms with van der Waals surface area (Å²) in [6.45, 7) is -0.213. The fourth-order valence-corrected chi connectivity index (χ4v) is 1.99. The van der Waals surface area contributed by atoms with Crippen molar-refractivity contribution in [2.75, 3.05) is 19.0 Å². The van der Waals surface area contributed by atoms with Crippen molar-refractivity contribution in [2.24, 2.45) is 0 Å². The van der Waals surface area contributed by atoms with Gasteiger partial charge in [-0.3, -0.25) is 4.79 Å². The second kappa shape index (κ2) is 6.48. The van der Waals surface area contributed by atoms with Crippen LogP contribution in [-0.2, 0) is 9.53 Å². The molecule has 19 heavy (non-hydrogen) atoms. The average molecular weight is 379 g/mol. The molecular weight excluding hydrogens is 369 g/mol. The number of nitrogens with one attached hydrogen (secondary N) is 1. The molecule has 102 valence electrons. The zero-order chi connectivity index (χ0) is 14.6. The molecule has 8 heteroatoms. The smallest absolute Gasteiger partial charge is 0.336 e. The molecule has 0 saturated heterocycles. The Kier molecular flexibility index (Phi) is 5.24. The number of carboxylic acids is 2. The first-order valence-corrected chi connectivity index (χ1v) is 6.03. The Morgan fingerprint density at radius 1 is 1.26 bits per heavy atom. The number of benzene rings is 1. The van der Waals surface area contributed by atoms with Gasteiger partial charge < -0.3 is 20.3 Å². The number of methoxy groups -OCH3 is 1. The molecule has 1 aromatic rings. The quantitative estimate of drug-likeness (QED) is 0.665. The zero-order valence-electron chi connectivity index (χ0n) is 9.77. The van der Waals surface area contributed by atoms with Gasteiger partial charge in [-0.25, -0.2) is 9.59 Å². The highest BCUT2D eigenvalue weighted by Crippen LogP contribution is 2.25. The van der Waals surface area contributed by atoms with Gasteiger partial charge in [-0.2, -0.15) is 0 Å². The van der Waals surface area contributed by atoms with Crippen LogP contribution in [0.15, 0.2) is 12.1 Å². The van der Waals surface area contributed by atoms with Crippen molar-refractivity contribution in [3.8, 4) is 0 Å². The first-order chi connectivity index (χ1) is 8.86. The lowest BCUT2D eigenvalue weighted by molar-refractivity contribution is -0.119. The summed E-state index contributed by atoms with van der Waals surface area (Å²) in [7, 11) is 1.33. The number of ether oxygens (including phenoxy) is 1. The standard InChI is InChI=1S/C11H10INO6/c1-19-4-8(14)13-7-3-5(10(15)16)2-6(9(7)12)11(17)18/h2-3H,4H2,1H3,(H,13,14)(H,15,16)(H,17,18). The third kappa shape index (κ3) is 3.89. The van der Waals surface area contributed by atoms with Crippen LogP contribution in [-0.4, -0.2) is 41.8 Å². The van der Waals surface area contributed by atoms with Crippen molar-refractivity contribution < 1.29 is 29.3 Å². The molecule has 1 rings (SSSR count). The van der Waals surface area contributed by atoms with E-state index in [-0.39, 0.29) is 27.0 Å². The van der Waals surface area contributed by atoms with Crippen LogP contribution in [0.25, 0.3) is 0 Å². The molecule has 0 unspecified atom stereocenters. The molecule has 0 fully saturated rings. The Morgan fingerprint density at radius 2 is 1.89 bits per heavy atom. The minimum absolute atomic E-state index is 0.125. The van der Waals surface area contributed by atoms with Crippen LogP contribution >= 0.6 is 22.6 Å². The molecule has 0 radical (unpaired) electrons. The highest BCUT2D eigenvalue weighted by atomic mass is 127. The van der Waals surface area contributed by atoms with Crippen LogP contribution in [0.1, 0.15) is 20.7 Å². The molecule has 0 aliphatic rings. The van der Waals surface area contributed by atoms with E-state index < -0.39 is 17.8 Å². The summed E-state index contributed by atoms with van der Waals surface area (Å²) in [5.74, 6) is -3.05. The van der Waals surface area contributed by atoms with E-state index in [1.54, 1.807) is 22.6 Å². The van der Waals surface area contributed by atoms with Gasteiger partial charge in [-0.1, -0.05) is 0 Å². The van der Waals surface area contributed by atoms with Crippen LogP contribution in [0.4, 0.5) is 5.69 Å². The van der Waals surface area contributed by atoms with Gasteiger partial charge in [0, 0.05) is 7.11 Å². The maximum Gasteiger partial charge on any atom is 0.336 e. The summed E-state index contributed by atoms with van der Waals surface area (Å²) < 4.78 is 4.87. The molecule has 0 aliphatic heterocycles. The lowest BCUT2D eigenvalue weighted by Crippen LogP contribution is -2.19. The monoisotopic (exact) mass is 379 g/mol. The summed E-state index contributed by atoms with van der Waals surface area (Å²) >= 11 is 1.73. The van der Waals surface area contributed by atoms with E-state index in [0.29, 0.717) is 0 Å². The van der Waals surface area contributed by atoms with E-state index in [2.05, 4.69) is 10.1 Å². The van der Waals surface area contributed by atoms with Crippen molar-refractivity contribution in [2.45, 2.75) is 0 Å². The number of hydrogen-bond acceptors (Lipinski definition) is 4. The molecule has 3 N–H and O–H groups in total. The van der Waals surface area contributed by atoms with E-state index in [1.807, 2.05) is 0 Å². The zero-order valence-corrected chi connectivity index (χ0v) is 11.9. The Hall–Kier alpha value is -1.68. The number of halogens is 1. The number of hydrogen-bond donors (Lipinski definition) is 3. The van der Waals surface area contributed by atoms with Gasteiger partial charge >= 0.3 is 11.9 Å². The van der Waals surface area contributed by atoms with Gasteiger partial charge in [0.2, 0.25) is 5.91 Å². The van der Waals surface area contributed by atoms with Crippen LogP contribution in [0.2, 0.25) is 0 Å². The summed E-state index contributed by atoms with van der Waals surface area (Å²) in [4.78, 5) is 33.3. The number of carbonyl (C=O) groups excluding carboxylic acids is 1. The van der Waals surface area contributed by atoms with Crippen molar-refractivity contribution >= 4 is 46.1 Å². The Balaban J connectivity index is 3.25.